The Hall–Kier alpha value is -2.17. The zero-order chi connectivity index (χ0) is 15.7. The molecule has 0 radical (unpaired) electrons. The van der Waals surface area contributed by atoms with Crippen LogP contribution >= 0.6 is 0 Å². The van der Waals surface area contributed by atoms with Gasteiger partial charge in [-0.05, 0) is 37.5 Å². The van der Waals surface area contributed by atoms with Gasteiger partial charge in [0.15, 0.2) is 0 Å². The summed E-state index contributed by atoms with van der Waals surface area (Å²) in [6, 6.07) is 5.00. The van der Waals surface area contributed by atoms with Crippen LogP contribution in [0.15, 0.2) is 18.2 Å². The number of amides is 3. The maximum atomic E-state index is 12.3. The first kappa shape index (κ1) is 14.8. The summed E-state index contributed by atoms with van der Waals surface area (Å²) in [4.78, 5) is 38.0. The number of benzene rings is 1. The summed E-state index contributed by atoms with van der Waals surface area (Å²) in [5.41, 5.74) is 1.19. The van der Waals surface area contributed by atoms with Gasteiger partial charge in [-0.3, -0.25) is 19.3 Å². The monoisotopic (exact) mass is 300 g/mol. The molecule has 1 aliphatic carbocycles. The third-order valence-electron chi connectivity index (χ3n) is 4.37. The van der Waals surface area contributed by atoms with Crippen molar-refractivity contribution in [2.24, 2.45) is 0 Å². The minimum atomic E-state index is -0.294. The molecule has 0 saturated heterocycles. The normalized spacial score (nSPS) is 18.0. The molecule has 5 heteroatoms. The molecule has 1 N–H and O–H groups in total. The molecule has 0 unspecified atom stereocenters. The van der Waals surface area contributed by atoms with Gasteiger partial charge in [0.2, 0.25) is 0 Å². The molecule has 1 heterocycles. The predicted molar refractivity (Wildman–Crippen MR) is 81.8 cm³/mol. The largest absolute Gasteiger partial charge is 0.349 e. The van der Waals surface area contributed by atoms with Gasteiger partial charge < -0.3 is 5.32 Å². The van der Waals surface area contributed by atoms with Crippen LogP contribution in [0.25, 0.3) is 0 Å². The van der Waals surface area contributed by atoms with E-state index in [1.807, 2.05) is 6.92 Å². The Bertz CT molecular complexity index is 633. The number of fused-ring (bicyclic) bond motifs is 1. The van der Waals surface area contributed by atoms with Crippen LogP contribution in [-0.4, -0.2) is 35.2 Å². The van der Waals surface area contributed by atoms with E-state index in [1.54, 1.807) is 18.2 Å². The van der Waals surface area contributed by atoms with E-state index in [-0.39, 0.29) is 23.8 Å². The molecule has 0 aromatic heterocycles. The van der Waals surface area contributed by atoms with Gasteiger partial charge in [-0.15, -0.1) is 0 Å². The molecule has 0 atom stereocenters. The molecule has 3 rings (SSSR count). The molecule has 2 aliphatic rings. The van der Waals surface area contributed by atoms with E-state index in [9.17, 15) is 14.4 Å². The van der Waals surface area contributed by atoms with Crippen molar-refractivity contribution >= 4 is 17.7 Å². The number of carbonyl (C=O) groups excluding carboxylic acids is 3. The highest BCUT2D eigenvalue weighted by Gasteiger charge is 2.35. The molecular formula is C17H20N2O3. The lowest BCUT2D eigenvalue weighted by Crippen LogP contribution is -2.32. The summed E-state index contributed by atoms with van der Waals surface area (Å²) >= 11 is 0. The molecule has 1 saturated carbocycles. The van der Waals surface area contributed by atoms with Gasteiger partial charge in [0, 0.05) is 18.2 Å². The smallest absolute Gasteiger partial charge is 0.261 e. The molecule has 1 aromatic carbocycles. The zero-order valence-corrected chi connectivity index (χ0v) is 12.7. The van der Waals surface area contributed by atoms with Gasteiger partial charge in [-0.1, -0.05) is 19.8 Å². The van der Waals surface area contributed by atoms with Crippen molar-refractivity contribution in [2.45, 2.75) is 45.1 Å². The topological polar surface area (TPSA) is 66.5 Å². The Balaban J connectivity index is 1.81. The maximum absolute atomic E-state index is 12.3. The van der Waals surface area contributed by atoms with Gasteiger partial charge in [-0.2, -0.15) is 0 Å². The Morgan fingerprint density at radius 3 is 2.55 bits per heavy atom. The van der Waals surface area contributed by atoms with Crippen molar-refractivity contribution in [1.82, 2.24) is 10.2 Å². The van der Waals surface area contributed by atoms with E-state index in [0.717, 1.165) is 32.1 Å². The molecule has 0 spiro atoms. The highest BCUT2D eigenvalue weighted by atomic mass is 16.2. The number of hydrogen-bond acceptors (Lipinski definition) is 3. The third-order valence-corrected chi connectivity index (χ3v) is 4.37. The summed E-state index contributed by atoms with van der Waals surface area (Å²) in [7, 11) is 0. The second kappa shape index (κ2) is 5.91. The Morgan fingerprint density at radius 2 is 1.86 bits per heavy atom. The van der Waals surface area contributed by atoms with E-state index in [2.05, 4.69) is 5.32 Å². The summed E-state index contributed by atoms with van der Waals surface area (Å²) in [5.74, 6) is -0.717. The van der Waals surface area contributed by atoms with Crippen LogP contribution in [0.1, 0.15) is 70.1 Å². The van der Waals surface area contributed by atoms with Crippen molar-refractivity contribution in [3.8, 4) is 0 Å². The van der Waals surface area contributed by atoms with Gasteiger partial charge in [0.25, 0.3) is 17.7 Å². The number of rotatable bonds is 4. The van der Waals surface area contributed by atoms with Crippen molar-refractivity contribution in [3.05, 3.63) is 34.9 Å². The highest BCUT2D eigenvalue weighted by molar-refractivity contribution is 6.22. The van der Waals surface area contributed by atoms with Crippen LogP contribution < -0.4 is 5.32 Å². The van der Waals surface area contributed by atoms with Crippen molar-refractivity contribution < 1.29 is 14.4 Å². The molecule has 1 aliphatic heterocycles. The van der Waals surface area contributed by atoms with Crippen LogP contribution in [0.3, 0.4) is 0 Å². The van der Waals surface area contributed by atoms with E-state index < -0.39 is 0 Å². The first-order chi connectivity index (χ1) is 10.6. The third kappa shape index (κ3) is 2.51. The molecule has 1 aromatic rings. The molecule has 3 amide bonds. The Morgan fingerprint density at radius 1 is 1.18 bits per heavy atom. The minimum Gasteiger partial charge on any atom is -0.349 e. The number of nitrogens with one attached hydrogen (secondary N) is 1. The Kier molecular flexibility index (Phi) is 3.96. The first-order valence-electron chi connectivity index (χ1n) is 7.93. The fourth-order valence-corrected chi connectivity index (χ4v) is 3.20. The average Bonchev–Trinajstić information content (AvgIpc) is 3.10. The lowest BCUT2D eigenvalue weighted by atomic mass is 10.0. The van der Waals surface area contributed by atoms with E-state index >= 15 is 0 Å². The summed E-state index contributed by atoms with van der Waals surface area (Å²) in [5, 5.41) is 3.00. The van der Waals surface area contributed by atoms with Crippen molar-refractivity contribution in [3.63, 3.8) is 0 Å². The second-order valence-electron chi connectivity index (χ2n) is 5.98. The fourth-order valence-electron chi connectivity index (χ4n) is 3.20. The maximum Gasteiger partial charge on any atom is 0.261 e. The van der Waals surface area contributed by atoms with Crippen LogP contribution in [0.4, 0.5) is 0 Å². The van der Waals surface area contributed by atoms with E-state index in [0.29, 0.717) is 23.2 Å². The SMILES string of the molecule is CCCN1C(=O)c2ccc(C(=O)NC3CCCC3)cc2C1=O. The number of hydrogen-bond donors (Lipinski definition) is 1. The van der Waals surface area contributed by atoms with Crippen molar-refractivity contribution in [2.75, 3.05) is 6.54 Å². The predicted octanol–water partition coefficient (Wildman–Crippen LogP) is 2.37. The molecule has 116 valence electrons. The molecule has 0 bridgehead atoms. The van der Waals surface area contributed by atoms with E-state index in [4.69, 9.17) is 0 Å². The highest BCUT2D eigenvalue weighted by Crippen LogP contribution is 2.25. The number of imide groups is 1. The molecule has 1 fully saturated rings. The lowest BCUT2D eigenvalue weighted by molar-refractivity contribution is 0.0654. The van der Waals surface area contributed by atoms with Gasteiger partial charge >= 0.3 is 0 Å². The second-order valence-corrected chi connectivity index (χ2v) is 5.98. The molecular weight excluding hydrogens is 280 g/mol. The van der Waals surface area contributed by atoms with Crippen molar-refractivity contribution in [1.29, 1.82) is 0 Å². The first-order valence-corrected chi connectivity index (χ1v) is 7.93. The summed E-state index contributed by atoms with van der Waals surface area (Å²) in [6.45, 7) is 2.33. The van der Waals surface area contributed by atoms with E-state index in [1.165, 1.54) is 4.90 Å². The average molecular weight is 300 g/mol. The molecule has 22 heavy (non-hydrogen) atoms. The standard InChI is InChI=1S/C17H20N2O3/c1-2-9-19-16(21)13-8-7-11(10-14(13)17(19)22)15(20)18-12-5-3-4-6-12/h7-8,10,12H,2-6,9H2,1H3,(H,18,20). The van der Waals surface area contributed by atoms with Gasteiger partial charge in [-0.25, -0.2) is 0 Å². The van der Waals surface area contributed by atoms with Crippen LogP contribution in [-0.2, 0) is 0 Å². The fraction of sp³-hybridized carbons (Fsp3) is 0.471. The number of carbonyl (C=O) groups is 3. The van der Waals surface area contributed by atoms with Gasteiger partial charge in [0.1, 0.15) is 0 Å². The zero-order valence-electron chi connectivity index (χ0n) is 12.7. The van der Waals surface area contributed by atoms with Crippen LogP contribution in [0.5, 0.6) is 0 Å². The quantitative estimate of drug-likeness (QED) is 0.868. The van der Waals surface area contributed by atoms with Gasteiger partial charge in [0.05, 0.1) is 11.1 Å². The Labute approximate surface area is 129 Å². The molecule has 5 nitrogen and oxygen atoms in total. The lowest BCUT2D eigenvalue weighted by Gasteiger charge is -2.12. The number of nitrogens with zero attached hydrogens (tertiary/aromatic N) is 1. The van der Waals surface area contributed by atoms with Crippen LogP contribution in [0.2, 0.25) is 0 Å². The summed E-state index contributed by atoms with van der Waals surface area (Å²) < 4.78 is 0. The summed E-state index contributed by atoms with van der Waals surface area (Å²) in [6.07, 6.45) is 5.04. The van der Waals surface area contributed by atoms with Crippen LogP contribution in [0, 0.1) is 0 Å². The minimum absolute atomic E-state index is 0.163.